The first-order chi connectivity index (χ1) is 7.42. The lowest BCUT2D eigenvalue weighted by molar-refractivity contribution is -0.384. The van der Waals surface area contributed by atoms with Crippen molar-refractivity contribution in [1.29, 1.82) is 0 Å². The van der Waals surface area contributed by atoms with Crippen molar-refractivity contribution < 1.29 is 9.72 Å². The van der Waals surface area contributed by atoms with Crippen molar-refractivity contribution in [2.45, 2.75) is 13.8 Å². The second-order valence-corrected chi connectivity index (χ2v) is 4.55. The molecule has 0 spiro atoms. The van der Waals surface area contributed by atoms with E-state index in [0.717, 1.165) is 0 Å². The Bertz CT molecular complexity index is 468. The van der Waals surface area contributed by atoms with Gasteiger partial charge in [0.1, 0.15) is 0 Å². The van der Waals surface area contributed by atoms with Crippen LogP contribution in [0.15, 0.2) is 24.3 Å². The highest BCUT2D eigenvalue weighted by Crippen LogP contribution is 2.35. The molecule has 0 aromatic heterocycles. The third-order valence-electron chi connectivity index (χ3n) is 2.73. The maximum absolute atomic E-state index is 11.7. The Kier molecular flexibility index (Phi) is 2.18. The zero-order valence-electron chi connectivity index (χ0n) is 9.14. The van der Waals surface area contributed by atoms with Crippen molar-refractivity contribution in [2.24, 2.45) is 5.41 Å². The van der Waals surface area contributed by atoms with Crippen molar-refractivity contribution in [3.63, 3.8) is 0 Å². The predicted molar refractivity (Wildman–Crippen MR) is 59.2 cm³/mol. The Labute approximate surface area is 92.8 Å². The van der Waals surface area contributed by atoms with Gasteiger partial charge < -0.3 is 4.90 Å². The summed E-state index contributed by atoms with van der Waals surface area (Å²) in [5.74, 6) is 0.00741. The van der Waals surface area contributed by atoms with Crippen LogP contribution in [0.2, 0.25) is 0 Å². The maximum atomic E-state index is 11.7. The average molecular weight is 220 g/mol. The van der Waals surface area contributed by atoms with Crippen LogP contribution in [-0.4, -0.2) is 17.4 Å². The molecule has 1 aliphatic heterocycles. The second kappa shape index (κ2) is 3.30. The Hall–Kier alpha value is -1.91. The Balaban J connectivity index is 2.27. The molecule has 0 bridgehead atoms. The van der Waals surface area contributed by atoms with E-state index < -0.39 is 4.92 Å². The number of benzene rings is 1. The number of hydrogen-bond acceptors (Lipinski definition) is 3. The summed E-state index contributed by atoms with van der Waals surface area (Å²) in [6, 6.07) is 6.14. The molecule has 0 aliphatic carbocycles. The highest BCUT2D eigenvalue weighted by molar-refractivity contribution is 6.04. The van der Waals surface area contributed by atoms with Gasteiger partial charge in [0, 0.05) is 18.7 Å². The van der Waals surface area contributed by atoms with Crippen molar-refractivity contribution in [3.05, 3.63) is 34.4 Å². The number of hydrogen-bond donors (Lipinski definition) is 0. The lowest BCUT2D eigenvalue weighted by Crippen LogP contribution is -2.58. The third-order valence-corrected chi connectivity index (χ3v) is 2.73. The summed E-state index contributed by atoms with van der Waals surface area (Å²) >= 11 is 0. The molecule has 0 unspecified atom stereocenters. The van der Waals surface area contributed by atoms with Gasteiger partial charge >= 0.3 is 0 Å². The Morgan fingerprint density at radius 3 is 2.62 bits per heavy atom. The fraction of sp³-hybridized carbons (Fsp3) is 0.364. The highest BCUT2D eigenvalue weighted by Gasteiger charge is 2.45. The molecule has 1 aromatic rings. The molecular formula is C11H12N2O3. The zero-order chi connectivity index (χ0) is 11.9. The summed E-state index contributed by atoms with van der Waals surface area (Å²) < 4.78 is 0. The van der Waals surface area contributed by atoms with Gasteiger partial charge in [0.05, 0.1) is 16.0 Å². The summed E-state index contributed by atoms with van der Waals surface area (Å²) in [7, 11) is 0. The van der Waals surface area contributed by atoms with Gasteiger partial charge in [-0.1, -0.05) is 6.07 Å². The number of amides is 1. The molecule has 2 rings (SSSR count). The van der Waals surface area contributed by atoms with E-state index in [9.17, 15) is 14.9 Å². The molecule has 1 aliphatic rings. The molecule has 5 heteroatoms. The highest BCUT2D eigenvalue weighted by atomic mass is 16.6. The van der Waals surface area contributed by atoms with E-state index in [2.05, 4.69) is 0 Å². The van der Waals surface area contributed by atoms with E-state index >= 15 is 0 Å². The number of non-ortho nitro benzene ring substituents is 1. The molecule has 1 aromatic carbocycles. The topological polar surface area (TPSA) is 63.4 Å². The minimum Gasteiger partial charge on any atom is -0.311 e. The number of nitrogens with zero attached hydrogens (tertiary/aromatic N) is 2. The van der Waals surface area contributed by atoms with E-state index in [4.69, 9.17) is 0 Å². The number of nitro benzene ring substituents is 1. The summed E-state index contributed by atoms with van der Waals surface area (Å²) in [5.41, 5.74) is 0.262. The first-order valence-electron chi connectivity index (χ1n) is 4.98. The monoisotopic (exact) mass is 220 g/mol. The predicted octanol–water partition coefficient (Wildman–Crippen LogP) is 1.97. The fourth-order valence-corrected chi connectivity index (χ4v) is 1.79. The molecule has 1 amide bonds. The van der Waals surface area contributed by atoms with Crippen LogP contribution in [0.1, 0.15) is 13.8 Å². The van der Waals surface area contributed by atoms with Crippen molar-refractivity contribution in [1.82, 2.24) is 0 Å². The van der Waals surface area contributed by atoms with Gasteiger partial charge in [-0.2, -0.15) is 0 Å². The van der Waals surface area contributed by atoms with Crippen LogP contribution in [0.4, 0.5) is 11.4 Å². The summed E-state index contributed by atoms with van der Waals surface area (Å²) in [6.45, 7) is 4.33. The van der Waals surface area contributed by atoms with Crippen LogP contribution in [-0.2, 0) is 4.79 Å². The van der Waals surface area contributed by atoms with Gasteiger partial charge in [-0.15, -0.1) is 0 Å². The van der Waals surface area contributed by atoms with Gasteiger partial charge in [-0.3, -0.25) is 14.9 Å². The largest absolute Gasteiger partial charge is 0.311 e. The number of β-lactam (4-membered cyclic amide) rings is 1. The van der Waals surface area contributed by atoms with Gasteiger partial charge in [-0.25, -0.2) is 0 Å². The van der Waals surface area contributed by atoms with Crippen LogP contribution in [0.5, 0.6) is 0 Å². The smallest absolute Gasteiger partial charge is 0.271 e. The van der Waals surface area contributed by atoms with E-state index in [1.165, 1.54) is 12.1 Å². The first kappa shape index (κ1) is 10.6. The van der Waals surface area contributed by atoms with Gasteiger partial charge in [0.2, 0.25) is 5.91 Å². The Morgan fingerprint density at radius 1 is 1.44 bits per heavy atom. The molecule has 1 fully saturated rings. The van der Waals surface area contributed by atoms with Crippen LogP contribution in [0.3, 0.4) is 0 Å². The number of carbonyl (C=O) groups is 1. The molecule has 0 saturated carbocycles. The molecule has 5 nitrogen and oxygen atoms in total. The van der Waals surface area contributed by atoms with Crippen molar-refractivity contribution >= 4 is 17.3 Å². The number of carbonyl (C=O) groups excluding carboxylic acids is 1. The molecule has 0 atom stereocenters. The molecule has 16 heavy (non-hydrogen) atoms. The molecule has 0 N–H and O–H groups in total. The van der Waals surface area contributed by atoms with Crippen LogP contribution in [0, 0.1) is 15.5 Å². The second-order valence-electron chi connectivity index (χ2n) is 4.55. The minimum atomic E-state index is -0.459. The summed E-state index contributed by atoms with van der Waals surface area (Å²) in [6.07, 6.45) is 0. The molecular weight excluding hydrogens is 208 g/mol. The SMILES string of the molecule is CC1(C)CN(c2cccc([N+](=O)[O-])c2)C1=O. The lowest BCUT2D eigenvalue weighted by Gasteiger charge is -2.44. The minimum absolute atomic E-state index is 0.00741. The van der Waals surface area contributed by atoms with E-state index in [1.807, 2.05) is 13.8 Å². The normalized spacial score (nSPS) is 18.1. The third kappa shape index (κ3) is 1.54. The standard InChI is InChI=1S/C11H12N2O3/c1-11(2)7-12(10(11)14)8-4-3-5-9(6-8)13(15)16/h3-6H,7H2,1-2H3. The summed E-state index contributed by atoms with van der Waals surface area (Å²) in [5, 5.41) is 10.6. The van der Waals surface area contributed by atoms with Crippen LogP contribution < -0.4 is 4.90 Å². The molecule has 84 valence electrons. The van der Waals surface area contributed by atoms with E-state index in [-0.39, 0.29) is 17.0 Å². The van der Waals surface area contributed by atoms with E-state index in [0.29, 0.717) is 12.2 Å². The van der Waals surface area contributed by atoms with Crippen LogP contribution in [0.25, 0.3) is 0 Å². The lowest BCUT2D eigenvalue weighted by atomic mass is 9.83. The number of nitro groups is 1. The van der Waals surface area contributed by atoms with Crippen LogP contribution >= 0.6 is 0 Å². The molecule has 0 radical (unpaired) electrons. The Morgan fingerprint density at radius 2 is 2.12 bits per heavy atom. The fourth-order valence-electron chi connectivity index (χ4n) is 1.79. The first-order valence-corrected chi connectivity index (χ1v) is 4.98. The van der Waals surface area contributed by atoms with Gasteiger partial charge in [0.15, 0.2) is 0 Å². The molecule has 1 heterocycles. The van der Waals surface area contributed by atoms with E-state index in [1.54, 1.807) is 17.0 Å². The zero-order valence-corrected chi connectivity index (χ0v) is 9.14. The number of anilines is 1. The maximum Gasteiger partial charge on any atom is 0.271 e. The molecule has 1 saturated heterocycles. The van der Waals surface area contributed by atoms with Crippen molar-refractivity contribution in [3.8, 4) is 0 Å². The summed E-state index contributed by atoms with van der Waals surface area (Å²) in [4.78, 5) is 23.4. The number of rotatable bonds is 2. The van der Waals surface area contributed by atoms with Gasteiger partial charge in [0.25, 0.3) is 5.69 Å². The quantitative estimate of drug-likeness (QED) is 0.435. The van der Waals surface area contributed by atoms with Crippen molar-refractivity contribution in [2.75, 3.05) is 11.4 Å². The average Bonchev–Trinajstić information content (AvgIpc) is 2.26. The van der Waals surface area contributed by atoms with Gasteiger partial charge in [-0.05, 0) is 19.9 Å².